The van der Waals surface area contributed by atoms with Gasteiger partial charge in [-0.1, -0.05) is 43.6 Å². The summed E-state index contributed by atoms with van der Waals surface area (Å²) < 4.78 is 0. The van der Waals surface area contributed by atoms with Crippen molar-refractivity contribution in [1.82, 2.24) is 5.32 Å². The van der Waals surface area contributed by atoms with Crippen LogP contribution in [0.4, 0.5) is 0 Å². The van der Waals surface area contributed by atoms with Crippen molar-refractivity contribution in [3.8, 4) is 0 Å². The summed E-state index contributed by atoms with van der Waals surface area (Å²) in [6.07, 6.45) is 2.48. The van der Waals surface area contributed by atoms with E-state index in [1.54, 1.807) is 12.1 Å². The highest BCUT2D eigenvalue weighted by Gasteiger charge is 2.20. The molecule has 0 atom stereocenters. The smallest absolute Gasteiger partial charge is 0.275 e. The van der Waals surface area contributed by atoms with E-state index in [4.69, 9.17) is 11.6 Å². The Morgan fingerprint density at radius 2 is 2.11 bits per heavy atom. The molecule has 0 bridgehead atoms. The van der Waals surface area contributed by atoms with E-state index in [9.17, 15) is 4.79 Å². The average Bonchev–Trinajstić information content (AvgIpc) is 2.61. The number of nitrogens with zero attached hydrogens (tertiary/aromatic N) is 1. The van der Waals surface area contributed by atoms with Gasteiger partial charge in [-0.3, -0.25) is 4.79 Å². The molecule has 1 amide bonds. The number of hydrogen-bond donors (Lipinski definition) is 1. The molecule has 0 aromatic heterocycles. The molecule has 1 aromatic rings. The molecule has 0 spiro atoms. The van der Waals surface area contributed by atoms with Crippen LogP contribution < -0.4 is 5.32 Å². The zero-order chi connectivity index (χ0) is 13.1. The summed E-state index contributed by atoms with van der Waals surface area (Å²) in [5, 5.41) is 3.39. The third-order valence-electron chi connectivity index (χ3n) is 2.54. The van der Waals surface area contributed by atoms with Gasteiger partial charge in [0.25, 0.3) is 5.91 Å². The van der Waals surface area contributed by atoms with Crippen molar-refractivity contribution in [1.29, 1.82) is 0 Å². The van der Waals surface area contributed by atoms with E-state index in [0.29, 0.717) is 16.6 Å². The van der Waals surface area contributed by atoms with E-state index in [0.717, 1.165) is 17.8 Å². The number of nitrogens with one attached hydrogen (secondary N) is 1. The van der Waals surface area contributed by atoms with Gasteiger partial charge in [0.2, 0.25) is 0 Å². The number of rotatable bonds is 3. The number of amides is 1. The zero-order valence-electron chi connectivity index (χ0n) is 10.4. The number of benzene rings is 1. The molecule has 94 valence electrons. The summed E-state index contributed by atoms with van der Waals surface area (Å²) in [6.45, 7) is 4.18. The first kappa shape index (κ1) is 12.8. The highest BCUT2D eigenvalue weighted by Crippen LogP contribution is 2.20. The van der Waals surface area contributed by atoms with Crippen molar-refractivity contribution in [2.24, 2.45) is 10.9 Å². The quantitative estimate of drug-likeness (QED) is 0.835. The van der Waals surface area contributed by atoms with Gasteiger partial charge in [0.1, 0.15) is 11.5 Å². The van der Waals surface area contributed by atoms with Gasteiger partial charge in [-0.25, -0.2) is 4.99 Å². The number of carbonyl (C=O) groups is 1. The molecule has 0 radical (unpaired) electrons. The number of amidine groups is 1. The number of aliphatic imine (C=N–C) groups is 1. The van der Waals surface area contributed by atoms with Crippen molar-refractivity contribution < 1.29 is 4.79 Å². The Kier molecular flexibility index (Phi) is 3.82. The standard InChI is InChI=1S/C14H15ClN2O/c1-9(2)7-13-16-12(14(18)17-13)8-10-5-3-4-6-11(10)15/h3-6,8-9H,7H2,1-2H3,(H,16,17,18)/b12-8-. The summed E-state index contributed by atoms with van der Waals surface area (Å²) in [4.78, 5) is 16.0. The van der Waals surface area contributed by atoms with E-state index in [2.05, 4.69) is 24.2 Å². The summed E-state index contributed by atoms with van der Waals surface area (Å²) in [7, 11) is 0. The molecule has 2 rings (SSSR count). The summed E-state index contributed by atoms with van der Waals surface area (Å²) in [6, 6.07) is 7.38. The summed E-state index contributed by atoms with van der Waals surface area (Å²) >= 11 is 6.05. The molecule has 0 fully saturated rings. The van der Waals surface area contributed by atoms with Crippen LogP contribution in [-0.2, 0) is 4.79 Å². The number of carbonyl (C=O) groups excluding carboxylic acids is 1. The van der Waals surface area contributed by atoms with Gasteiger partial charge in [0.15, 0.2) is 0 Å². The highest BCUT2D eigenvalue weighted by atomic mass is 35.5. The molecular formula is C14H15ClN2O. The Morgan fingerprint density at radius 1 is 1.39 bits per heavy atom. The van der Waals surface area contributed by atoms with Gasteiger partial charge >= 0.3 is 0 Å². The lowest BCUT2D eigenvalue weighted by Crippen LogP contribution is -2.24. The van der Waals surface area contributed by atoms with Gasteiger partial charge in [-0.05, 0) is 23.6 Å². The van der Waals surface area contributed by atoms with Gasteiger partial charge < -0.3 is 5.32 Å². The maximum Gasteiger partial charge on any atom is 0.275 e. The molecule has 1 aromatic carbocycles. The molecule has 4 heteroatoms. The SMILES string of the molecule is CC(C)CC1=N/C(=C\c2ccccc2Cl)C(=O)N1. The van der Waals surface area contributed by atoms with Crippen LogP contribution in [0.2, 0.25) is 5.02 Å². The summed E-state index contributed by atoms with van der Waals surface area (Å²) in [5.74, 6) is 1.03. The Balaban J connectivity index is 2.26. The number of hydrogen-bond acceptors (Lipinski definition) is 2. The fraction of sp³-hybridized carbons (Fsp3) is 0.286. The van der Waals surface area contributed by atoms with Crippen LogP contribution in [0.3, 0.4) is 0 Å². The van der Waals surface area contributed by atoms with E-state index in [-0.39, 0.29) is 5.91 Å². The second-order valence-corrected chi connectivity index (χ2v) is 5.07. The van der Waals surface area contributed by atoms with Crippen molar-refractivity contribution in [3.05, 3.63) is 40.5 Å². The predicted molar refractivity (Wildman–Crippen MR) is 74.5 cm³/mol. The molecule has 1 aliphatic rings. The molecule has 0 saturated carbocycles. The van der Waals surface area contributed by atoms with Crippen LogP contribution in [0.1, 0.15) is 25.8 Å². The Hall–Kier alpha value is -1.61. The average molecular weight is 263 g/mol. The maximum absolute atomic E-state index is 11.7. The molecule has 0 saturated heterocycles. The van der Waals surface area contributed by atoms with Gasteiger partial charge in [0.05, 0.1) is 0 Å². The van der Waals surface area contributed by atoms with Crippen LogP contribution in [-0.4, -0.2) is 11.7 Å². The monoisotopic (exact) mass is 262 g/mol. The van der Waals surface area contributed by atoms with Crippen LogP contribution >= 0.6 is 11.6 Å². The third-order valence-corrected chi connectivity index (χ3v) is 2.89. The minimum atomic E-state index is -0.162. The number of halogens is 1. The van der Waals surface area contributed by atoms with Crippen molar-refractivity contribution in [2.75, 3.05) is 0 Å². The molecule has 3 nitrogen and oxygen atoms in total. The van der Waals surface area contributed by atoms with E-state index in [1.165, 1.54) is 0 Å². The largest absolute Gasteiger partial charge is 0.309 e. The Labute approximate surface area is 112 Å². The minimum Gasteiger partial charge on any atom is -0.309 e. The van der Waals surface area contributed by atoms with Gasteiger partial charge in [0, 0.05) is 11.4 Å². The lowest BCUT2D eigenvalue weighted by molar-refractivity contribution is -0.115. The topological polar surface area (TPSA) is 41.5 Å². The second-order valence-electron chi connectivity index (χ2n) is 4.66. The first-order valence-corrected chi connectivity index (χ1v) is 6.29. The molecule has 0 aliphatic carbocycles. The van der Waals surface area contributed by atoms with Gasteiger partial charge in [-0.2, -0.15) is 0 Å². The fourth-order valence-electron chi connectivity index (χ4n) is 1.74. The summed E-state index contributed by atoms with van der Waals surface area (Å²) in [5.41, 5.74) is 1.22. The Morgan fingerprint density at radius 3 is 2.78 bits per heavy atom. The van der Waals surface area contributed by atoms with E-state index in [1.807, 2.05) is 18.2 Å². The van der Waals surface area contributed by atoms with E-state index >= 15 is 0 Å². The lowest BCUT2D eigenvalue weighted by Gasteiger charge is -2.02. The molecule has 1 N–H and O–H groups in total. The molecule has 0 unspecified atom stereocenters. The van der Waals surface area contributed by atoms with Crippen LogP contribution in [0.15, 0.2) is 35.0 Å². The van der Waals surface area contributed by atoms with Crippen LogP contribution in [0, 0.1) is 5.92 Å². The first-order valence-electron chi connectivity index (χ1n) is 5.91. The molecule has 18 heavy (non-hydrogen) atoms. The second kappa shape index (κ2) is 5.36. The maximum atomic E-state index is 11.7. The van der Waals surface area contributed by atoms with Crippen molar-refractivity contribution in [3.63, 3.8) is 0 Å². The predicted octanol–water partition coefficient (Wildman–Crippen LogP) is 3.26. The van der Waals surface area contributed by atoms with Crippen LogP contribution in [0.25, 0.3) is 6.08 Å². The third kappa shape index (κ3) is 2.99. The van der Waals surface area contributed by atoms with E-state index < -0.39 is 0 Å². The molecule has 1 heterocycles. The van der Waals surface area contributed by atoms with Gasteiger partial charge in [-0.15, -0.1) is 0 Å². The minimum absolute atomic E-state index is 0.162. The van der Waals surface area contributed by atoms with Crippen molar-refractivity contribution >= 4 is 29.4 Å². The normalized spacial score (nSPS) is 17.2. The lowest BCUT2D eigenvalue weighted by atomic mass is 10.1. The fourth-order valence-corrected chi connectivity index (χ4v) is 1.93. The van der Waals surface area contributed by atoms with Crippen LogP contribution in [0.5, 0.6) is 0 Å². The highest BCUT2D eigenvalue weighted by molar-refractivity contribution is 6.32. The zero-order valence-corrected chi connectivity index (χ0v) is 11.2. The molecule has 1 aliphatic heterocycles. The van der Waals surface area contributed by atoms with Crippen molar-refractivity contribution in [2.45, 2.75) is 20.3 Å². The molecular weight excluding hydrogens is 248 g/mol. The Bertz CT molecular complexity index is 532. The first-order chi connectivity index (χ1) is 8.56.